The van der Waals surface area contributed by atoms with Crippen LogP contribution in [0.1, 0.15) is 24.9 Å². The third-order valence-corrected chi connectivity index (χ3v) is 3.44. The van der Waals surface area contributed by atoms with Crippen molar-refractivity contribution in [3.05, 3.63) is 33.3 Å². The van der Waals surface area contributed by atoms with Crippen LogP contribution in [-0.2, 0) is 0 Å². The Hall–Kier alpha value is -0.490. The number of terminal acetylenes is 1. The number of nitrogens with one attached hydrogen (secondary N) is 1. The number of hydrogen-bond acceptors (Lipinski definition) is 1. The van der Waals surface area contributed by atoms with Crippen LogP contribution in [0.25, 0.3) is 0 Å². The quantitative estimate of drug-likeness (QED) is 0.831. The highest BCUT2D eigenvalue weighted by Crippen LogP contribution is 2.31. The average molecular weight is 287 g/mol. The molecule has 1 N–H and O–H groups in total. The van der Waals surface area contributed by atoms with Gasteiger partial charge in [0.15, 0.2) is 0 Å². The summed E-state index contributed by atoms with van der Waals surface area (Å²) in [5.41, 5.74) is 1.05. The van der Waals surface area contributed by atoms with Crippen LogP contribution in [0.15, 0.2) is 22.7 Å². The minimum atomic E-state index is 0.130. The summed E-state index contributed by atoms with van der Waals surface area (Å²) in [4.78, 5) is 0. The first kappa shape index (κ1) is 12.6. The molecule has 80 valence electrons. The third-order valence-electron chi connectivity index (χ3n) is 2.13. The van der Waals surface area contributed by atoms with Gasteiger partial charge in [-0.25, -0.2) is 0 Å². The number of rotatable bonds is 4. The standard InChI is InChI=1S/C12H13BrClN/c1-3-6-11(15-4-2)9-7-5-8-10(13)12(9)14/h1,5,7-8,11,15H,4,6H2,2H3. The van der Waals surface area contributed by atoms with Gasteiger partial charge in [-0.05, 0) is 34.1 Å². The lowest BCUT2D eigenvalue weighted by molar-refractivity contribution is 0.565. The van der Waals surface area contributed by atoms with E-state index in [0.717, 1.165) is 21.6 Å². The highest BCUT2D eigenvalue weighted by molar-refractivity contribution is 9.10. The largest absolute Gasteiger partial charge is 0.309 e. The maximum atomic E-state index is 6.20. The van der Waals surface area contributed by atoms with Crippen molar-refractivity contribution in [3.8, 4) is 12.3 Å². The van der Waals surface area contributed by atoms with Crippen LogP contribution in [0.3, 0.4) is 0 Å². The van der Waals surface area contributed by atoms with E-state index < -0.39 is 0 Å². The molecular formula is C12H13BrClN. The Labute approximate surface area is 104 Å². The molecule has 0 spiro atoms. The minimum absolute atomic E-state index is 0.130. The van der Waals surface area contributed by atoms with Crippen LogP contribution in [0.4, 0.5) is 0 Å². The first-order chi connectivity index (χ1) is 7.20. The Morgan fingerprint density at radius 1 is 1.60 bits per heavy atom. The average Bonchev–Trinajstić information content (AvgIpc) is 2.22. The summed E-state index contributed by atoms with van der Waals surface area (Å²) in [5.74, 6) is 2.66. The van der Waals surface area contributed by atoms with E-state index in [-0.39, 0.29) is 6.04 Å². The molecule has 0 aromatic heterocycles. The van der Waals surface area contributed by atoms with Crippen LogP contribution >= 0.6 is 27.5 Å². The molecule has 0 fully saturated rings. The van der Waals surface area contributed by atoms with E-state index in [1.807, 2.05) is 18.2 Å². The molecule has 1 aromatic carbocycles. The topological polar surface area (TPSA) is 12.0 Å². The number of benzene rings is 1. The maximum absolute atomic E-state index is 6.20. The zero-order valence-electron chi connectivity index (χ0n) is 8.56. The summed E-state index contributed by atoms with van der Waals surface area (Å²) in [6.07, 6.45) is 5.98. The number of halogens is 2. The molecule has 0 aliphatic carbocycles. The van der Waals surface area contributed by atoms with Gasteiger partial charge in [-0.1, -0.05) is 30.7 Å². The van der Waals surface area contributed by atoms with Crippen molar-refractivity contribution in [2.24, 2.45) is 0 Å². The molecule has 1 nitrogen and oxygen atoms in total. The van der Waals surface area contributed by atoms with Gasteiger partial charge < -0.3 is 5.32 Å². The van der Waals surface area contributed by atoms with Gasteiger partial charge in [0.2, 0.25) is 0 Å². The van der Waals surface area contributed by atoms with E-state index in [2.05, 4.69) is 34.1 Å². The lowest BCUT2D eigenvalue weighted by Gasteiger charge is -2.17. The van der Waals surface area contributed by atoms with Gasteiger partial charge in [-0.15, -0.1) is 12.3 Å². The molecule has 1 unspecified atom stereocenters. The summed E-state index contributed by atoms with van der Waals surface area (Å²) in [5, 5.41) is 4.06. The van der Waals surface area contributed by atoms with Crippen LogP contribution in [0.5, 0.6) is 0 Å². The molecule has 0 amide bonds. The second-order valence-electron chi connectivity index (χ2n) is 3.16. The Morgan fingerprint density at radius 2 is 2.33 bits per heavy atom. The molecule has 15 heavy (non-hydrogen) atoms. The molecule has 0 saturated heterocycles. The summed E-state index contributed by atoms with van der Waals surface area (Å²) in [7, 11) is 0. The van der Waals surface area contributed by atoms with E-state index in [9.17, 15) is 0 Å². The van der Waals surface area contributed by atoms with Gasteiger partial charge >= 0.3 is 0 Å². The Morgan fingerprint density at radius 3 is 2.93 bits per heavy atom. The highest BCUT2D eigenvalue weighted by atomic mass is 79.9. The molecule has 1 rings (SSSR count). The Bertz CT molecular complexity index is 370. The van der Waals surface area contributed by atoms with Crippen molar-refractivity contribution in [3.63, 3.8) is 0 Å². The van der Waals surface area contributed by atoms with Crippen molar-refractivity contribution in [1.29, 1.82) is 0 Å². The Kier molecular flexibility index (Phi) is 5.17. The van der Waals surface area contributed by atoms with E-state index in [1.165, 1.54) is 0 Å². The van der Waals surface area contributed by atoms with Crippen molar-refractivity contribution in [2.75, 3.05) is 6.54 Å². The molecule has 0 bridgehead atoms. The molecule has 0 radical (unpaired) electrons. The summed E-state index contributed by atoms with van der Waals surface area (Å²) in [6.45, 7) is 2.92. The van der Waals surface area contributed by atoms with Crippen molar-refractivity contribution in [1.82, 2.24) is 5.32 Å². The first-order valence-corrected chi connectivity index (χ1v) is 5.98. The van der Waals surface area contributed by atoms with Crippen LogP contribution in [0.2, 0.25) is 5.02 Å². The fourth-order valence-corrected chi connectivity index (χ4v) is 2.09. The smallest absolute Gasteiger partial charge is 0.0596 e. The van der Waals surface area contributed by atoms with Crippen LogP contribution in [0, 0.1) is 12.3 Å². The molecule has 0 aliphatic rings. The van der Waals surface area contributed by atoms with E-state index in [1.54, 1.807) is 0 Å². The van der Waals surface area contributed by atoms with Gasteiger partial charge in [0.1, 0.15) is 0 Å². The zero-order valence-corrected chi connectivity index (χ0v) is 10.9. The van der Waals surface area contributed by atoms with Gasteiger partial charge in [0, 0.05) is 16.9 Å². The summed E-state index contributed by atoms with van der Waals surface area (Å²) >= 11 is 9.61. The molecule has 0 saturated carbocycles. The fraction of sp³-hybridized carbons (Fsp3) is 0.333. The van der Waals surface area contributed by atoms with Gasteiger partial charge in [0.05, 0.1) is 5.02 Å². The number of hydrogen-bond donors (Lipinski definition) is 1. The molecular weight excluding hydrogens is 273 g/mol. The van der Waals surface area contributed by atoms with Gasteiger partial charge in [-0.3, -0.25) is 0 Å². The second kappa shape index (κ2) is 6.17. The van der Waals surface area contributed by atoms with E-state index in [0.29, 0.717) is 6.42 Å². The van der Waals surface area contributed by atoms with Crippen molar-refractivity contribution >= 4 is 27.5 Å². The predicted octanol–water partition coefficient (Wildman–Crippen LogP) is 3.78. The normalized spacial score (nSPS) is 12.1. The van der Waals surface area contributed by atoms with E-state index >= 15 is 0 Å². The second-order valence-corrected chi connectivity index (χ2v) is 4.39. The lowest BCUT2D eigenvalue weighted by atomic mass is 10.0. The van der Waals surface area contributed by atoms with Crippen molar-refractivity contribution in [2.45, 2.75) is 19.4 Å². The molecule has 3 heteroatoms. The SMILES string of the molecule is C#CCC(NCC)c1cccc(Br)c1Cl. The molecule has 0 aliphatic heterocycles. The van der Waals surface area contributed by atoms with Gasteiger partial charge in [0.25, 0.3) is 0 Å². The zero-order chi connectivity index (χ0) is 11.3. The van der Waals surface area contributed by atoms with Gasteiger partial charge in [-0.2, -0.15) is 0 Å². The third kappa shape index (κ3) is 3.24. The monoisotopic (exact) mass is 285 g/mol. The van der Waals surface area contributed by atoms with E-state index in [4.69, 9.17) is 18.0 Å². The molecule has 1 atom stereocenters. The predicted molar refractivity (Wildman–Crippen MR) is 69.0 cm³/mol. The maximum Gasteiger partial charge on any atom is 0.0596 e. The highest BCUT2D eigenvalue weighted by Gasteiger charge is 2.13. The molecule has 0 heterocycles. The fourth-order valence-electron chi connectivity index (χ4n) is 1.45. The minimum Gasteiger partial charge on any atom is -0.309 e. The Balaban J connectivity index is 3.00. The summed E-state index contributed by atoms with van der Waals surface area (Å²) < 4.78 is 0.904. The molecule has 1 aromatic rings. The van der Waals surface area contributed by atoms with Crippen LogP contribution in [-0.4, -0.2) is 6.54 Å². The lowest BCUT2D eigenvalue weighted by Crippen LogP contribution is -2.20. The first-order valence-electron chi connectivity index (χ1n) is 4.81. The van der Waals surface area contributed by atoms with Crippen molar-refractivity contribution < 1.29 is 0 Å². The summed E-state index contributed by atoms with van der Waals surface area (Å²) in [6, 6.07) is 6.01. The van der Waals surface area contributed by atoms with Crippen LogP contribution < -0.4 is 5.32 Å².